The van der Waals surface area contributed by atoms with Crippen LogP contribution in [-0.4, -0.2) is 30.1 Å². The van der Waals surface area contributed by atoms with Crippen LogP contribution in [0.15, 0.2) is 17.5 Å². The van der Waals surface area contributed by atoms with Crippen LogP contribution in [-0.2, 0) is 9.59 Å². The van der Waals surface area contributed by atoms with Crippen molar-refractivity contribution >= 4 is 23.2 Å². The Hall–Kier alpha value is -1.40. The van der Waals surface area contributed by atoms with Gasteiger partial charge in [0.1, 0.15) is 0 Å². The van der Waals surface area contributed by atoms with Crippen LogP contribution >= 0.6 is 11.3 Å². The number of carbonyl (C=O) groups excluding carboxylic acids is 1. The summed E-state index contributed by atoms with van der Waals surface area (Å²) in [5.41, 5.74) is 0. The molecule has 0 spiro atoms. The Morgan fingerprint density at radius 3 is 2.68 bits per heavy atom. The van der Waals surface area contributed by atoms with Crippen molar-refractivity contribution in [2.75, 3.05) is 13.1 Å². The van der Waals surface area contributed by atoms with E-state index in [4.69, 9.17) is 5.11 Å². The molecule has 0 saturated carbocycles. The van der Waals surface area contributed by atoms with E-state index in [2.05, 4.69) is 24.5 Å². The maximum atomic E-state index is 11.8. The minimum Gasteiger partial charge on any atom is -0.481 e. The maximum Gasteiger partial charge on any atom is 0.304 e. The molecule has 1 heterocycles. The van der Waals surface area contributed by atoms with E-state index >= 15 is 0 Å². The van der Waals surface area contributed by atoms with Crippen molar-refractivity contribution in [3.8, 4) is 0 Å². The molecule has 106 valence electrons. The molecule has 6 heteroatoms. The van der Waals surface area contributed by atoms with E-state index in [9.17, 15) is 9.59 Å². The van der Waals surface area contributed by atoms with Crippen LogP contribution in [0.5, 0.6) is 0 Å². The van der Waals surface area contributed by atoms with Gasteiger partial charge in [0, 0.05) is 11.4 Å². The quantitative estimate of drug-likeness (QED) is 0.634. The van der Waals surface area contributed by atoms with Gasteiger partial charge in [-0.2, -0.15) is 0 Å². The number of aliphatic carboxylic acids is 1. The highest BCUT2D eigenvalue weighted by molar-refractivity contribution is 7.10. The first-order valence-electron chi connectivity index (χ1n) is 6.26. The summed E-state index contributed by atoms with van der Waals surface area (Å²) in [7, 11) is 0. The summed E-state index contributed by atoms with van der Waals surface area (Å²) in [5.74, 6) is -0.675. The lowest BCUT2D eigenvalue weighted by atomic mass is 10.0. The first-order chi connectivity index (χ1) is 9.00. The Morgan fingerprint density at radius 1 is 1.42 bits per heavy atom. The van der Waals surface area contributed by atoms with Gasteiger partial charge >= 0.3 is 5.97 Å². The zero-order chi connectivity index (χ0) is 14.3. The summed E-state index contributed by atoms with van der Waals surface area (Å²) >= 11 is 1.62. The van der Waals surface area contributed by atoms with E-state index in [0.717, 1.165) is 4.88 Å². The topological polar surface area (TPSA) is 78.4 Å². The zero-order valence-electron chi connectivity index (χ0n) is 11.2. The molecule has 1 aromatic heterocycles. The normalized spacial score (nSPS) is 12.4. The van der Waals surface area contributed by atoms with Crippen molar-refractivity contribution in [2.45, 2.75) is 26.3 Å². The van der Waals surface area contributed by atoms with Crippen LogP contribution in [0.25, 0.3) is 0 Å². The largest absolute Gasteiger partial charge is 0.481 e. The van der Waals surface area contributed by atoms with Gasteiger partial charge in [-0.1, -0.05) is 19.9 Å². The second-order valence-electron chi connectivity index (χ2n) is 4.63. The molecule has 0 bridgehead atoms. The third-order valence-corrected chi connectivity index (χ3v) is 3.59. The first kappa shape index (κ1) is 15.7. The molecule has 1 atom stereocenters. The molecule has 0 aliphatic carbocycles. The molecule has 1 rings (SSSR count). The molecule has 19 heavy (non-hydrogen) atoms. The molecule has 0 aliphatic heterocycles. The third-order valence-electron chi connectivity index (χ3n) is 2.63. The van der Waals surface area contributed by atoms with Crippen LogP contribution in [0, 0.1) is 5.92 Å². The minimum absolute atomic E-state index is 0.00812. The molecule has 0 radical (unpaired) electrons. The first-order valence-corrected chi connectivity index (χ1v) is 7.14. The third kappa shape index (κ3) is 5.85. The highest BCUT2D eigenvalue weighted by Crippen LogP contribution is 2.25. The van der Waals surface area contributed by atoms with Crippen LogP contribution in [0.2, 0.25) is 0 Å². The highest BCUT2D eigenvalue weighted by atomic mass is 32.1. The van der Waals surface area contributed by atoms with Gasteiger partial charge in [-0.3, -0.25) is 9.59 Å². The fourth-order valence-electron chi connectivity index (χ4n) is 1.66. The number of hydrogen-bond donors (Lipinski definition) is 3. The number of nitrogens with one attached hydrogen (secondary N) is 2. The predicted molar refractivity (Wildman–Crippen MR) is 75.2 cm³/mol. The second kappa shape index (κ2) is 7.91. The van der Waals surface area contributed by atoms with Crippen molar-refractivity contribution in [2.24, 2.45) is 5.92 Å². The van der Waals surface area contributed by atoms with Gasteiger partial charge in [0.2, 0.25) is 5.91 Å². The van der Waals surface area contributed by atoms with Crippen molar-refractivity contribution < 1.29 is 14.7 Å². The Kier molecular flexibility index (Phi) is 6.52. The van der Waals surface area contributed by atoms with E-state index in [0.29, 0.717) is 12.5 Å². The Bertz CT molecular complexity index is 404. The van der Waals surface area contributed by atoms with Crippen molar-refractivity contribution in [3.63, 3.8) is 0 Å². The summed E-state index contributed by atoms with van der Waals surface area (Å²) < 4.78 is 0. The SMILES string of the molecule is CC(C)C(NC(=O)CNCCC(=O)O)c1cccs1. The van der Waals surface area contributed by atoms with E-state index < -0.39 is 5.97 Å². The molecular weight excluding hydrogens is 264 g/mol. The molecule has 5 nitrogen and oxygen atoms in total. The number of hydrogen-bond acceptors (Lipinski definition) is 4. The fraction of sp³-hybridized carbons (Fsp3) is 0.538. The molecule has 0 fully saturated rings. The van der Waals surface area contributed by atoms with Gasteiger partial charge in [0.25, 0.3) is 0 Å². The fourth-order valence-corrected chi connectivity index (χ4v) is 2.61. The maximum absolute atomic E-state index is 11.8. The molecule has 1 amide bonds. The van der Waals surface area contributed by atoms with Gasteiger partial charge in [-0.25, -0.2) is 0 Å². The minimum atomic E-state index is -0.869. The van der Waals surface area contributed by atoms with Crippen LogP contribution in [0.4, 0.5) is 0 Å². The van der Waals surface area contributed by atoms with Crippen LogP contribution in [0.1, 0.15) is 31.2 Å². The second-order valence-corrected chi connectivity index (χ2v) is 5.60. The summed E-state index contributed by atoms with van der Waals surface area (Å²) in [6.45, 7) is 4.56. The van der Waals surface area contributed by atoms with Crippen molar-refractivity contribution in [3.05, 3.63) is 22.4 Å². The molecule has 1 aromatic rings. The predicted octanol–water partition coefficient (Wildman–Crippen LogP) is 1.63. The summed E-state index contributed by atoms with van der Waals surface area (Å²) in [6.07, 6.45) is 0.0197. The molecule has 0 aromatic carbocycles. The standard InChI is InChI=1S/C13H20N2O3S/c1-9(2)13(10-4-3-7-19-10)15-11(16)8-14-6-5-12(17)18/h3-4,7,9,13-14H,5-6,8H2,1-2H3,(H,15,16)(H,17,18). The molecule has 0 saturated heterocycles. The van der Waals surface area contributed by atoms with Crippen LogP contribution < -0.4 is 10.6 Å². The zero-order valence-corrected chi connectivity index (χ0v) is 12.0. The lowest BCUT2D eigenvalue weighted by molar-refractivity contribution is -0.137. The number of thiophene rings is 1. The number of carboxylic acids is 1. The van der Waals surface area contributed by atoms with E-state index in [1.807, 2.05) is 17.5 Å². The molecule has 0 aliphatic rings. The number of rotatable bonds is 8. The molecule has 3 N–H and O–H groups in total. The van der Waals surface area contributed by atoms with Gasteiger partial charge in [0.15, 0.2) is 0 Å². The molecule has 1 unspecified atom stereocenters. The highest BCUT2D eigenvalue weighted by Gasteiger charge is 2.18. The monoisotopic (exact) mass is 284 g/mol. The Balaban J connectivity index is 2.38. The van der Waals surface area contributed by atoms with E-state index in [1.165, 1.54) is 0 Å². The van der Waals surface area contributed by atoms with Gasteiger partial charge in [0.05, 0.1) is 19.0 Å². The van der Waals surface area contributed by atoms with Gasteiger partial charge in [-0.05, 0) is 17.4 Å². The van der Waals surface area contributed by atoms with Gasteiger partial charge < -0.3 is 15.7 Å². The lowest BCUT2D eigenvalue weighted by Crippen LogP contribution is -2.38. The van der Waals surface area contributed by atoms with Gasteiger partial charge in [-0.15, -0.1) is 11.3 Å². The Labute approximate surface area is 117 Å². The number of carboxylic acid groups (broad SMARTS) is 1. The molecular formula is C13H20N2O3S. The number of carbonyl (C=O) groups is 2. The average molecular weight is 284 g/mol. The smallest absolute Gasteiger partial charge is 0.304 e. The van der Waals surface area contributed by atoms with Crippen LogP contribution in [0.3, 0.4) is 0 Å². The summed E-state index contributed by atoms with van der Waals surface area (Å²) in [5, 5.41) is 16.3. The summed E-state index contributed by atoms with van der Waals surface area (Å²) in [4.78, 5) is 23.2. The van der Waals surface area contributed by atoms with E-state index in [-0.39, 0.29) is 24.9 Å². The lowest BCUT2D eigenvalue weighted by Gasteiger charge is -2.21. The average Bonchev–Trinajstić information content (AvgIpc) is 2.84. The van der Waals surface area contributed by atoms with E-state index in [1.54, 1.807) is 11.3 Å². The summed E-state index contributed by atoms with van der Waals surface area (Å²) in [6, 6.07) is 3.98. The van der Waals surface area contributed by atoms with Crippen molar-refractivity contribution in [1.29, 1.82) is 0 Å². The van der Waals surface area contributed by atoms with Crippen molar-refractivity contribution in [1.82, 2.24) is 10.6 Å². The number of amides is 1. The Morgan fingerprint density at radius 2 is 2.16 bits per heavy atom.